The molecule has 18 heavy (non-hydrogen) atoms. The maximum atomic E-state index is 11.6. The molecule has 0 heterocycles. The van der Waals surface area contributed by atoms with Crippen LogP contribution in [0.3, 0.4) is 0 Å². The molecule has 1 amide bonds. The Bertz CT molecular complexity index is 314. The van der Waals surface area contributed by atoms with Crippen molar-refractivity contribution in [1.82, 2.24) is 5.32 Å². The predicted octanol–water partition coefficient (Wildman–Crippen LogP) is 0.499. The standard InChI is InChI=1S/C12H21NO5/c1-7(2)10(14)13-9(12(16)18-5)6-8(3)11(15)17-4/h7-9H,6H2,1-5H3,(H,13,14)/t8-,9-/m1/s1. The van der Waals surface area contributed by atoms with Crippen molar-refractivity contribution in [2.24, 2.45) is 11.8 Å². The molecule has 0 bridgehead atoms. The molecule has 0 radical (unpaired) electrons. The number of nitrogens with one attached hydrogen (secondary N) is 1. The highest BCUT2D eigenvalue weighted by atomic mass is 16.5. The fourth-order valence-electron chi connectivity index (χ4n) is 1.35. The minimum atomic E-state index is -0.834. The van der Waals surface area contributed by atoms with Gasteiger partial charge in [-0.25, -0.2) is 4.79 Å². The summed E-state index contributed by atoms with van der Waals surface area (Å²) in [5.74, 6) is -2.00. The number of ether oxygens (including phenoxy) is 2. The van der Waals surface area contributed by atoms with Gasteiger partial charge in [-0.15, -0.1) is 0 Å². The summed E-state index contributed by atoms with van der Waals surface area (Å²) in [6, 6.07) is -0.834. The highest BCUT2D eigenvalue weighted by Gasteiger charge is 2.27. The molecule has 0 aliphatic carbocycles. The zero-order valence-electron chi connectivity index (χ0n) is 11.5. The van der Waals surface area contributed by atoms with Gasteiger partial charge in [-0.1, -0.05) is 20.8 Å². The zero-order chi connectivity index (χ0) is 14.3. The molecule has 2 atom stereocenters. The van der Waals surface area contributed by atoms with Crippen LogP contribution >= 0.6 is 0 Å². The third kappa shape index (κ3) is 5.16. The van der Waals surface area contributed by atoms with Crippen LogP contribution in [-0.4, -0.2) is 38.1 Å². The number of carbonyl (C=O) groups is 3. The molecule has 6 nitrogen and oxygen atoms in total. The quantitative estimate of drug-likeness (QED) is 0.702. The van der Waals surface area contributed by atoms with E-state index < -0.39 is 23.9 Å². The van der Waals surface area contributed by atoms with Crippen LogP contribution in [0.25, 0.3) is 0 Å². The van der Waals surface area contributed by atoms with Gasteiger partial charge in [-0.05, 0) is 6.42 Å². The molecule has 1 N–H and O–H groups in total. The third-order valence-electron chi connectivity index (χ3n) is 2.52. The van der Waals surface area contributed by atoms with Crippen LogP contribution in [0.5, 0.6) is 0 Å². The second kappa shape index (κ2) is 7.68. The normalized spacial score (nSPS) is 13.7. The zero-order valence-corrected chi connectivity index (χ0v) is 11.5. The van der Waals surface area contributed by atoms with Crippen LogP contribution in [0.15, 0.2) is 0 Å². The summed E-state index contributed by atoms with van der Waals surface area (Å²) >= 11 is 0. The van der Waals surface area contributed by atoms with E-state index in [1.807, 2.05) is 0 Å². The Morgan fingerprint density at radius 1 is 1.00 bits per heavy atom. The molecular formula is C12H21NO5. The van der Waals surface area contributed by atoms with Crippen LogP contribution in [0.1, 0.15) is 27.2 Å². The Balaban J connectivity index is 4.65. The van der Waals surface area contributed by atoms with Crippen molar-refractivity contribution in [2.75, 3.05) is 14.2 Å². The second-order valence-corrected chi connectivity index (χ2v) is 4.40. The van der Waals surface area contributed by atoms with Crippen LogP contribution in [0.4, 0.5) is 0 Å². The monoisotopic (exact) mass is 259 g/mol. The number of methoxy groups -OCH3 is 2. The van der Waals surface area contributed by atoms with Gasteiger partial charge in [0.05, 0.1) is 20.1 Å². The molecule has 0 unspecified atom stereocenters. The molecule has 0 spiro atoms. The Kier molecular flexibility index (Phi) is 7.00. The Morgan fingerprint density at radius 2 is 1.50 bits per heavy atom. The summed E-state index contributed by atoms with van der Waals surface area (Å²) in [7, 11) is 2.51. The Hall–Kier alpha value is -1.59. The summed E-state index contributed by atoms with van der Waals surface area (Å²) in [6.07, 6.45) is 0.151. The van der Waals surface area contributed by atoms with E-state index in [1.165, 1.54) is 14.2 Å². The molecule has 0 fully saturated rings. The minimum Gasteiger partial charge on any atom is -0.469 e. The van der Waals surface area contributed by atoms with Gasteiger partial charge < -0.3 is 14.8 Å². The summed E-state index contributed by atoms with van der Waals surface area (Å²) < 4.78 is 9.18. The first-order valence-electron chi connectivity index (χ1n) is 5.79. The van der Waals surface area contributed by atoms with Crippen LogP contribution in [0, 0.1) is 11.8 Å². The Labute approximate surface area is 107 Å². The molecule has 0 aliphatic heterocycles. The molecule has 0 aromatic rings. The first-order chi connectivity index (χ1) is 8.33. The van der Waals surface area contributed by atoms with Gasteiger partial charge in [0.1, 0.15) is 6.04 Å². The number of rotatable bonds is 6. The maximum Gasteiger partial charge on any atom is 0.328 e. The molecule has 6 heteroatoms. The third-order valence-corrected chi connectivity index (χ3v) is 2.52. The summed E-state index contributed by atoms with van der Waals surface area (Å²) in [5, 5.41) is 2.56. The summed E-state index contributed by atoms with van der Waals surface area (Å²) in [5.41, 5.74) is 0. The van der Waals surface area contributed by atoms with Crippen molar-refractivity contribution in [3.63, 3.8) is 0 Å². The molecule has 0 saturated heterocycles. The smallest absolute Gasteiger partial charge is 0.328 e. The average Bonchev–Trinajstić information content (AvgIpc) is 2.35. The number of carbonyl (C=O) groups excluding carboxylic acids is 3. The van der Waals surface area contributed by atoms with Crippen molar-refractivity contribution < 1.29 is 23.9 Å². The van der Waals surface area contributed by atoms with Crippen molar-refractivity contribution in [2.45, 2.75) is 33.2 Å². The number of hydrogen-bond acceptors (Lipinski definition) is 5. The lowest BCUT2D eigenvalue weighted by atomic mass is 10.0. The van der Waals surface area contributed by atoms with Crippen molar-refractivity contribution >= 4 is 17.8 Å². The predicted molar refractivity (Wildman–Crippen MR) is 64.6 cm³/mol. The van der Waals surface area contributed by atoms with Crippen molar-refractivity contribution in [3.8, 4) is 0 Å². The fourth-order valence-corrected chi connectivity index (χ4v) is 1.35. The van der Waals surface area contributed by atoms with Gasteiger partial charge >= 0.3 is 11.9 Å². The van der Waals surface area contributed by atoms with Gasteiger partial charge in [-0.3, -0.25) is 9.59 Å². The topological polar surface area (TPSA) is 81.7 Å². The summed E-state index contributed by atoms with van der Waals surface area (Å²) in [6.45, 7) is 5.06. The molecule has 0 rings (SSSR count). The summed E-state index contributed by atoms with van der Waals surface area (Å²) in [4.78, 5) is 34.4. The molecule has 0 aromatic carbocycles. The van der Waals surface area contributed by atoms with E-state index in [-0.39, 0.29) is 18.2 Å². The van der Waals surface area contributed by atoms with Gasteiger partial charge in [-0.2, -0.15) is 0 Å². The number of amides is 1. The largest absolute Gasteiger partial charge is 0.469 e. The van der Waals surface area contributed by atoms with E-state index in [0.717, 1.165) is 0 Å². The number of hydrogen-bond donors (Lipinski definition) is 1. The maximum absolute atomic E-state index is 11.6. The van der Waals surface area contributed by atoms with Gasteiger partial charge in [0.15, 0.2) is 0 Å². The van der Waals surface area contributed by atoms with E-state index in [2.05, 4.69) is 14.8 Å². The van der Waals surface area contributed by atoms with Crippen LogP contribution in [-0.2, 0) is 23.9 Å². The van der Waals surface area contributed by atoms with E-state index in [9.17, 15) is 14.4 Å². The van der Waals surface area contributed by atoms with E-state index in [4.69, 9.17) is 0 Å². The molecule has 0 aliphatic rings. The number of esters is 2. The van der Waals surface area contributed by atoms with Crippen molar-refractivity contribution in [3.05, 3.63) is 0 Å². The average molecular weight is 259 g/mol. The minimum absolute atomic E-state index is 0.151. The van der Waals surface area contributed by atoms with Crippen LogP contribution in [0.2, 0.25) is 0 Å². The van der Waals surface area contributed by atoms with Gasteiger partial charge in [0.2, 0.25) is 5.91 Å². The second-order valence-electron chi connectivity index (χ2n) is 4.40. The fraction of sp³-hybridized carbons (Fsp3) is 0.750. The van der Waals surface area contributed by atoms with Crippen molar-refractivity contribution in [1.29, 1.82) is 0 Å². The lowest BCUT2D eigenvalue weighted by molar-refractivity contribution is -0.149. The van der Waals surface area contributed by atoms with E-state index >= 15 is 0 Å². The molecular weight excluding hydrogens is 238 g/mol. The van der Waals surface area contributed by atoms with E-state index in [0.29, 0.717) is 0 Å². The van der Waals surface area contributed by atoms with E-state index in [1.54, 1.807) is 20.8 Å². The molecule has 0 saturated carbocycles. The SMILES string of the molecule is COC(=O)[C@H](C)C[C@@H](NC(=O)C(C)C)C(=O)OC. The molecule has 0 aromatic heterocycles. The van der Waals surface area contributed by atoms with Crippen LogP contribution < -0.4 is 5.32 Å². The first kappa shape index (κ1) is 16.4. The first-order valence-corrected chi connectivity index (χ1v) is 5.79. The van der Waals surface area contributed by atoms with Gasteiger partial charge in [0, 0.05) is 5.92 Å². The Morgan fingerprint density at radius 3 is 1.89 bits per heavy atom. The molecule has 104 valence electrons. The lowest BCUT2D eigenvalue weighted by Gasteiger charge is -2.20. The highest BCUT2D eigenvalue weighted by Crippen LogP contribution is 2.10. The lowest BCUT2D eigenvalue weighted by Crippen LogP contribution is -2.44. The highest BCUT2D eigenvalue weighted by molar-refractivity contribution is 5.85. The van der Waals surface area contributed by atoms with Gasteiger partial charge in [0.25, 0.3) is 0 Å².